The van der Waals surface area contributed by atoms with Gasteiger partial charge in [0.25, 0.3) is 5.91 Å². The Kier molecular flexibility index (Phi) is 8.77. The normalized spacial score (nSPS) is 14.2. The van der Waals surface area contributed by atoms with E-state index in [2.05, 4.69) is 10.3 Å². The average molecular weight is 583 g/mol. The van der Waals surface area contributed by atoms with Crippen LogP contribution in [-0.2, 0) is 19.6 Å². The summed E-state index contributed by atoms with van der Waals surface area (Å²) in [5.41, 5.74) is 1.73. The van der Waals surface area contributed by atoms with Gasteiger partial charge in [0.15, 0.2) is 16.7 Å². The van der Waals surface area contributed by atoms with E-state index in [0.29, 0.717) is 39.4 Å². The number of hydrogen-bond donors (Lipinski definition) is 2. The molecule has 208 valence electrons. The van der Waals surface area contributed by atoms with Crippen LogP contribution in [0.1, 0.15) is 5.56 Å². The fourth-order valence-corrected chi connectivity index (χ4v) is 5.12. The van der Waals surface area contributed by atoms with Gasteiger partial charge < -0.3 is 19.5 Å². The molecule has 1 heterocycles. The molecule has 3 aromatic carbocycles. The number of ether oxygens (including phenoxy) is 3. The van der Waals surface area contributed by atoms with Crippen molar-refractivity contribution in [2.45, 2.75) is 4.90 Å². The number of carbonyl (C=O) groups is 2. The van der Waals surface area contributed by atoms with Gasteiger partial charge in [0.2, 0.25) is 21.7 Å². The Hall–Kier alpha value is -4.33. The first-order valence-corrected chi connectivity index (χ1v) is 14.2. The van der Waals surface area contributed by atoms with E-state index in [-0.39, 0.29) is 28.2 Å². The van der Waals surface area contributed by atoms with Crippen molar-refractivity contribution < 1.29 is 32.2 Å². The molecule has 3 aromatic rings. The summed E-state index contributed by atoms with van der Waals surface area (Å²) in [4.78, 5) is 32.1. The topological polar surface area (TPSA) is 150 Å². The Bertz CT molecular complexity index is 1560. The lowest BCUT2D eigenvalue weighted by Gasteiger charge is -2.17. The van der Waals surface area contributed by atoms with Gasteiger partial charge in [-0.15, -0.1) is 0 Å². The maximum atomic E-state index is 13.5. The molecule has 0 radical (unpaired) electrons. The van der Waals surface area contributed by atoms with Crippen LogP contribution in [-0.4, -0.2) is 52.5 Å². The second kappa shape index (κ2) is 12.2. The van der Waals surface area contributed by atoms with Crippen LogP contribution in [0.3, 0.4) is 0 Å². The van der Waals surface area contributed by atoms with Gasteiger partial charge in [-0.25, -0.2) is 18.5 Å². The predicted octanol–water partition coefficient (Wildman–Crippen LogP) is 3.48. The summed E-state index contributed by atoms with van der Waals surface area (Å²) >= 11 is 1.08. The standard InChI is InChI=1S/C27H26N4O7S2/c1-36-22-14-17(15-23(37-2)25(22)38-3)13-21-26(33)31(19-7-5-4-6-8-19)27(30-21)39-16-24(32)29-18-9-11-20(12-10-18)40(28,34)35/h4-15H,16H2,1-3H3,(H,29,32)(H2,28,34,35)/b21-13-. The summed E-state index contributed by atoms with van der Waals surface area (Å²) in [6.07, 6.45) is 1.60. The molecule has 11 nitrogen and oxygen atoms in total. The zero-order chi connectivity index (χ0) is 28.9. The molecule has 0 atom stereocenters. The molecule has 0 unspecified atom stereocenters. The molecule has 1 aliphatic rings. The van der Waals surface area contributed by atoms with Crippen molar-refractivity contribution in [3.63, 3.8) is 0 Å². The molecule has 0 spiro atoms. The molecule has 1 aliphatic heterocycles. The number of amidine groups is 1. The Morgan fingerprint density at radius 3 is 2.17 bits per heavy atom. The molecule has 0 aromatic heterocycles. The predicted molar refractivity (Wildman–Crippen MR) is 154 cm³/mol. The number of nitrogens with zero attached hydrogens (tertiary/aromatic N) is 2. The summed E-state index contributed by atoms with van der Waals surface area (Å²) < 4.78 is 39.1. The third-order valence-corrected chi connectivity index (χ3v) is 7.50. The molecule has 3 N–H and O–H groups in total. The third-order valence-electron chi connectivity index (χ3n) is 5.63. The number of carbonyl (C=O) groups excluding carboxylic acids is 2. The molecule has 0 saturated heterocycles. The van der Waals surface area contributed by atoms with Crippen LogP contribution < -0.4 is 29.6 Å². The lowest BCUT2D eigenvalue weighted by Crippen LogP contribution is -2.31. The lowest BCUT2D eigenvalue weighted by atomic mass is 10.1. The summed E-state index contributed by atoms with van der Waals surface area (Å²) in [5.74, 6) is 0.447. The molecule has 13 heteroatoms. The van der Waals surface area contributed by atoms with Crippen LogP contribution in [0, 0.1) is 0 Å². The van der Waals surface area contributed by atoms with Crippen molar-refractivity contribution in [3.05, 3.63) is 78.0 Å². The van der Waals surface area contributed by atoms with Crippen LogP contribution in [0.15, 0.2) is 82.3 Å². The first-order valence-electron chi connectivity index (χ1n) is 11.7. The summed E-state index contributed by atoms with van der Waals surface area (Å²) in [5, 5.41) is 8.12. The highest BCUT2D eigenvalue weighted by atomic mass is 32.2. The van der Waals surface area contributed by atoms with Gasteiger partial charge in [-0.05, 0) is 60.2 Å². The Balaban J connectivity index is 1.59. The van der Waals surface area contributed by atoms with E-state index >= 15 is 0 Å². The number of anilines is 2. The minimum atomic E-state index is -3.84. The molecule has 0 fully saturated rings. The van der Waals surface area contributed by atoms with Crippen molar-refractivity contribution in [1.29, 1.82) is 0 Å². The molecule has 40 heavy (non-hydrogen) atoms. The van der Waals surface area contributed by atoms with Crippen LogP contribution >= 0.6 is 11.8 Å². The van der Waals surface area contributed by atoms with Gasteiger partial charge >= 0.3 is 0 Å². The Labute approximate surface area is 235 Å². The molecule has 4 rings (SSSR count). The van der Waals surface area contributed by atoms with Crippen molar-refractivity contribution >= 4 is 56.2 Å². The number of para-hydroxylation sites is 1. The molecule has 0 bridgehead atoms. The highest BCUT2D eigenvalue weighted by molar-refractivity contribution is 8.14. The second-order valence-corrected chi connectivity index (χ2v) is 10.8. The smallest absolute Gasteiger partial charge is 0.283 e. The van der Waals surface area contributed by atoms with Gasteiger partial charge in [-0.3, -0.25) is 14.5 Å². The van der Waals surface area contributed by atoms with Gasteiger partial charge in [0.05, 0.1) is 37.7 Å². The first kappa shape index (κ1) is 28.7. The Morgan fingerprint density at radius 2 is 1.62 bits per heavy atom. The number of nitrogens with one attached hydrogen (secondary N) is 1. The van der Waals surface area contributed by atoms with Crippen LogP contribution in [0.5, 0.6) is 17.2 Å². The number of hydrogen-bond acceptors (Lipinski definition) is 9. The SMILES string of the molecule is COc1cc(/C=C2\N=C(SCC(=O)Nc3ccc(S(N)(=O)=O)cc3)N(c3ccccc3)C2=O)cc(OC)c1OC. The highest BCUT2D eigenvalue weighted by Crippen LogP contribution is 2.39. The fraction of sp³-hybridized carbons (Fsp3) is 0.148. The zero-order valence-corrected chi connectivity index (χ0v) is 23.4. The minimum Gasteiger partial charge on any atom is -0.493 e. The molecular weight excluding hydrogens is 556 g/mol. The third kappa shape index (κ3) is 6.45. The van der Waals surface area contributed by atoms with E-state index in [1.807, 2.05) is 6.07 Å². The second-order valence-electron chi connectivity index (χ2n) is 8.26. The maximum Gasteiger partial charge on any atom is 0.283 e. The van der Waals surface area contributed by atoms with E-state index < -0.39 is 10.0 Å². The number of amides is 2. The average Bonchev–Trinajstić information content (AvgIpc) is 3.25. The molecular formula is C27H26N4O7S2. The summed E-state index contributed by atoms with van der Waals surface area (Å²) in [6.45, 7) is 0. The zero-order valence-electron chi connectivity index (χ0n) is 21.8. The summed E-state index contributed by atoms with van der Waals surface area (Å²) in [7, 11) is 0.655. The monoisotopic (exact) mass is 582 g/mol. The van der Waals surface area contributed by atoms with Crippen LogP contribution in [0.25, 0.3) is 6.08 Å². The quantitative estimate of drug-likeness (QED) is 0.364. The number of methoxy groups -OCH3 is 3. The number of thioether (sulfide) groups is 1. The number of sulfonamides is 1. The van der Waals surface area contributed by atoms with Gasteiger partial charge in [0.1, 0.15) is 5.70 Å². The molecule has 0 saturated carbocycles. The first-order chi connectivity index (χ1) is 19.1. The van der Waals surface area contributed by atoms with E-state index in [1.165, 1.54) is 50.5 Å². The number of nitrogens with two attached hydrogens (primary N) is 1. The van der Waals surface area contributed by atoms with E-state index in [4.69, 9.17) is 19.3 Å². The van der Waals surface area contributed by atoms with Crippen LogP contribution in [0.2, 0.25) is 0 Å². The van der Waals surface area contributed by atoms with E-state index in [0.717, 1.165) is 11.8 Å². The highest BCUT2D eigenvalue weighted by Gasteiger charge is 2.32. The van der Waals surface area contributed by atoms with Gasteiger partial charge in [-0.1, -0.05) is 30.0 Å². The molecule has 2 amide bonds. The maximum absolute atomic E-state index is 13.5. The van der Waals surface area contributed by atoms with Crippen molar-refractivity contribution in [1.82, 2.24) is 0 Å². The Morgan fingerprint density at radius 1 is 1.00 bits per heavy atom. The number of aliphatic imine (C=N–C) groups is 1. The van der Waals surface area contributed by atoms with Crippen molar-refractivity contribution in [3.8, 4) is 17.2 Å². The molecule has 0 aliphatic carbocycles. The van der Waals surface area contributed by atoms with Gasteiger partial charge in [-0.2, -0.15) is 0 Å². The number of benzene rings is 3. The summed E-state index contributed by atoms with van der Waals surface area (Å²) in [6, 6.07) is 17.8. The number of primary sulfonamides is 1. The minimum absolute atomic E-state index is 0.0656. The van der Waals surface area contributed by atoms with E-state index in [1.54, 1.807) is 42.5 Å². The number of rotatable bonds is 9. The van der Waals surface area contributed by atoms with E-state index in [9.17, 15) is 18.0 Å². The lowest BCUT2D eigenvalue weighted by molar-refractivity contribution is -0.114. The van der Waals surface area contributed by atoms with Crippen molar-refractivity contribution in [2.75, 3.05) is 37.3 Å². The fourth-order valence-electron chi connectivity index (χ4n) is 3.80. The largest absolute Gasteiger partial charge is 0.493 e. The van der Waals surface area contributed by atoms with Crippen molar-refractivity contribution in [2.24, 2.45) is 10.1 Å². The van der Waals surface area contributed by atoms with Gasteiger partial charge in [0, 0.05) is 5.69 Å². The van der Waals surface area contributed by atoms with Crippen LogP contribution in [0.4, 0.5) is 11.4 Å².